The van der Waals surface area contributed by atoms with Crippen LogP contribution in [-0.2, 0) is 17.8 Å². The van der Waals surface area contributed by atoms with Crippen molar-refractivity contribution in [3.63, 3.8) is 0 Å². The van der Waals surface area contributed by atoms with E-state index in [0.29, 0.717) is 18.4 Å². The molecule has 0 bridgehead atoms. The van der Waals surface area contributed by atoms with Crippen LogP contribution < -0.4 is 0 Å². The second kappa shape index (κ2) is 5.57. The first-order valence-corrected chi connectivity index (χ1v) is 7.72. The molecule has 1 aliphatic carbocycles. The molecule has 0 amide bonds. The van der Waals surface area contributed by atoms with Gasteiger partial charge in [-0.25, -0.2) is 0 Å². The van der Waals surface area contributed by atoms with Gasteiger partial charge in [-0.15, -0.1) is 0 Å². The molecule has 1 aromatic carbocycles. The molecule has 0 aromatic heterocycles. The molecule has 3 heteroatoms. The summed E-state index contributed by atoms with van der Waals surface area (Å²) >= 11 is 0. The number of aliphatic carboxylic acids is 1. The number of nitrogens with zero attached hydrogens (tertiary/aromatic N) is 1. The summed E-state index contributed by atoms with van der Waals surface area (Å²) in [6.07, 6.45) is 5.55. The van der Waals surface area contributed by atoms with Crippen molar-refractivity contribution in [2.24, 2.45) is 5.92 Å². The number of fused-ring (bicyclic) bond motifs is 1. The van der Waals surface area contributed by atoms with Crippen LogP contribution in [0.3, 0.4) is 0 Å². The lowest BCUT2D eigenvalue weighted by atomic mass is 9.82. The Hall–Kier alpha value is -1.35. The summed E-state index contributed by atoms with van der Waals surface area (Å²) in [5.74, 6) is -0.0619. The average molecular weight is 273 g/mol. The van der Waals surface area contributed by atoms with Crippen LogP contribution in [0.2, 0.25) is 0 Å². The molecule has 108 valence electrons. The van der Waals surface area contributed by atoms with Gasteiger partial charge in [0.15, 0.2) is 0 Å². The zero-order valence-corrected chi connectivity index (χ0v) is 12.1. The van der Waals surface area contributed by atoms with Crippen LogP contribution in [0.5, 0.6) is 0 Å². The van der Waals surface area contributed by atoms with Crippen LogP contribution in [-0.4, -0.2) is 28.1 Å². The Morgan fingerprint density at radius 1 is 1.20 bits per heavy atom. The number of rotatable bonds is 2. The Morgan fingerprint density at radius 2 is 1.90 bits per heavy atom. The molecule has 3 unspecified atom stereocenters. The van der Waals surface area contributed by atoms with E-state index >= 15 is 0 Å². The molecule has 1 N–H and O–H groups in total. The van der Waals surface area contributed by atoms with Crippen LogP contribution >= 0.6 is 0 Å². The summed E-state index contributed by atoms with van der Waals surface area (Å²) in [4.78, 5) is 13.9. The number of benzene rings is 1. The molecule has 1 heterocycles. The van der Waals surface area contributed by atoms with Gasteiger partial charge < -0.3 is 5.11 Å². The highest BCUT2D eigenvalue weighted by Gasteiger charge is 2.38. The summed E-state index contributed by atoms with van der Waals surface area (Å²) < 4.78 is 0. The van der Waals surface area contributed by atoms with E-state index < -0.39 is 5.97 Å². The van der Waals surface area contributed by atoms with Crippen molar-refractivity contribution in [1.29, 1.82) is 0 Å². The minimum absolute atomic E-state index is 0.351. The van der Waals surface area contributed by atoms with Gasteiger partial charge in [0.2, 0.25) is 0 Å². The van der Waals surface area contributed by atoms with Gasteiger partial charge >= 0.3 is 5.97 Å². The number of carbonyl (C=O) groups is 1. The smallest absolute Gasteiger partial charge is 0.321 e. The molecule has 1 saturated carbocycles. The van der Waals surface area contributed by atoms with E-state index in [1.165, 1.54) is 30.4 Å². The van der Waals surface area contributed by atoms with Gasteiger partial charge in [-0.1, -0.05) is 44.0 Å². The SMILES string of the molecule is CC1CCCCC1N1Cc2ccccc2CC1C(=O)O. The van der Waals surface area contributed by atoms with Crippen molar-refractivity contribution in [2.75, 3.05) is 0 Å². The summed E-state index contributed by atoms with van der Waals surface area (Å²) in [5.41, 5.74) is 2.52. The van der Waals surface area contributed by atoms with Gasteiger partial charge in [0.1, 0.15) is 6.04 Å². The molecule has 0 radical (unpaired) electrons. The summed E-state index contributed by atoms with van der Waals surface area (Å²) in [5, 5.41) is 9.61. The van der Waals surface area contributed by atoms with E-state index in [1.54, 1.807) is 0 Å². The fourth-order valence-corrected chi connectivity index (χ4v) is 3.91. The lowest BCUT2D eigenvalue weighted by Crippen LogP contribution is -2.53. The third-order valence-electron chi connectivity index (χ3n) is 5.06. The average Bonchev–Trinajstić information content (AvgIpc) is 2.46. The molecule has 2 aliphatic rings. The van der Waals surface area contributed by atoms with Crippen molar-refractivity contribution >= 4 is 5.97 Å². The fourth-order valence-electron chi connectivity index (χ4n) is 3.91. The molecule has 20 heavy (non-hydrogen) atoms. The molecule has 3 nitrogen and oxygen atoms in total. The van der Waals surface area contributed by atoms with Crippen LogP contribution in [0, 0.1) is 5.92 Å². The maximum Gasteiger partial charge on any atom is 0.321 e. The summed E-state index contributed by atoms with van der Waals surface area (Å²) in [6.45, 7) is 3.07. The number of hydrogen-bond acceptors (Lipinski definition) is 2. The van der Waals surface area contributed by atoms with Gasteiger partial charge in [0.25, 0.3) is 0 Å². The van der Waals surface area contributed by atoms with E-state index in [-0.39, 0.29) is 6.04 Å². The standard InChI is InChI=1S/C17H23NO2/c1-12-6-2-5-9-15(12)18-11-14-8-4-3-7-13(14)10-16(18)17(19)20/h3-4,7-8,12,15-16H,2,5-6,9-11H2,1H3,(H,19,20). The molecule has 1 aromatic rings. The normalized spacial score (nSPS) is 30.8. The maximum absolute atomic E-state index is 11.7. The molecule has 1 aliphatic heterocycles. The van der Waals surface area contributed by atoms with Crippen molar-refractivity contribution < 1.29 is 9.90 Å². The van der Waals surface area contributed by atoms with Gasteiger partial charge in [-0.2, -0.15) is 0 Å². The Bertz CT molecular complexity index is 500. The lowest BCUT2D eigenvalue weighted by Gasteiger charge is -2.44. The third-order valence-corrected chi connectivity index (χ3v) is 5.06. The van der Waals surface area contributed by atoms with Gasteiger partial charge in [-0.05, 0) is 36.3 Å². The zero-order chi connectivity index (χ0) is 14.1. The second-order valence-electron chi connectivity index (χ2n) is 6.33. The third kappa shape index (κ3) is 2.47. The fraction of sp³-hybridized carbons (Fsp3) is 0.588. The molecular weight excluding hydrogens is 250 g/mol. The summed E-state index contributed by atoms with van der Waals surface area (Å²) in [7, 11) is 0. The van der Waals surface area contributed by atoms with Crippen molar-refractivity contribution in [1.82, 2.24) is 4.90 Å². The molecule has 0 spiro atoms. The monoisotopic (exact) mass is 273 g/mol. The van der Waals surface area contributed by atoms with E-state index in [0.717, 1.165) is 13.0 Å². The lowest BCUT2D eigenvalue weighted by molar-refractivity contribution is -0.146. The molecule has 1 fully saturated rings. The second-order valence-corrected chi connectivity index (χ2v) is 6.33. The van der Waals surface area contributed by atoms with Gasteiger partial charge in [0, 0.05) is 12.6 Å². The number of hydrogen-bond donors (Lipinski definition) is 1. The summed E-state index contributed by atoms with van der Waals surface area (Å²) in [6, 6.07) is 8.37. The minimum atomic E-state index is -0.669. The highest BCUT2D eigenvalue weighted by atomic mass is 16.4. The number of carboxylic acids is 1. The maximum atomic E-state index is 11.7. The van der Waals surface area contributed by atoms with E-state index in [4.69, 9.17) is 0 Å². The van der Waals surface area contributed by atoms with Crippen LogP contribution in [0.4, 0.5) is 0 Å². The molecular formula is C17H23NO2. The van der Waals surface area contributed by atoms with Gasteiger partial charge in [0.05, 0.1) is 0 Å². The van der Waals surface area contributed by atoms with Crippen molar-refractivity contribution in [3.05, 3.63) is 35.4 Å². The predicted molar refractivity (Wildman–Crippen MR) is 78.5 cm³/mol. The highest BCUT2D eigenvalue weighted by Crippen LogP contribution is 2.34. The first kappa shape index (κ1) is 13.6. The van der Waals surface area contributed by atoms with E-state index in [9.17, 15) is 9.90 Å². The number of carboxylic acid groups (broad SMARTS) is 1. The Labute approximate surface area is 120 Å². The first-order valence-electron chi connectivity index (χ1n) is 7.72. The first-order chi connectivity index (χ1) is 9.66. The Balaban J connectivity index is 1.89. The van der Waals surface area contributed by atoms with Crippen LogP contribution in [0.1, 0.15) is 43.7 Å². The van der Waals surface area contributed by atoms with Crippen molar-refractivity contribution in [2.45, 2.75) is 57.7 Å². The molecule has 0 saturated heterocycles. The largest absolute Gasteiger partial charge is 0.480 e. The minimum Gasteiger partial charge on any atom is -0.480 e. The van der Waals surface area contributed by atoms with Crippen LogP contribution in [0.15, 0.2) is 24.3 Å². The Morgan fingerprint density at radius 3 is 2.60 bits per heavy atom. The van der Waals surface area contributed by atoms with Crippen molar-refractivity contribution in [3.8, 4) is 0 Å². The predicted octanol–water partition coefficient (Wildman–Crippen LogP) is 3.08. The Kier molecular flexibility index (Phi) is 3.79. The zero-order valence-electron chi connectivity index (χ0n) is 12.1. The highest BCUT2D eigenvalue weighted by molar-refractivity contribution is 5.74. The van der Waals surface area contributed by atoms with E-state index in [1.807, 2.05) is 6.07 Å². The quantitative estimate of drug-likeness (QED) is 0.900. The molecule has 3 atom stereocenters. The van der Waals surface area contributed by atoms with E-state index in [2.05, 4.69) is 30.0 Å². The van der Waals surface area contributed by atoms with Crippen LogP contribution in [0.25, 0.3) is 0 Å². The molecule has 3 rings (SSSR count). The topological polar surface area (TPSA) is 40.5 Å². The van der Waals surface area contributed by atoms with Gasteiger partial charge in [-0.3, -0.25) is 9.69 Å².